The summed E-state index contributed by atoms with van der Waals surface area (Å²) in [6, 6.07) is 13.2. The molecule has 2 heterocycles. The third-order valence-corrected chi connectivity index (χ3v) is 5.78. The van der Waals surface area contributed by atoms with Crippen molar-refractivity contribution in [2.75, 3.05) is 10.2 Å². The highest BCUT2D eigenvalue weighted by molar-refractivity contribution is 5.94. The summed E-state index contributed by atoms with van der Waals surface area (Å²) in [5, 5.41) is 22.3. The van der Waals surface area contributed by atoms with Crippen LogP contribution >= 0.6 is 0 Å². The van der Waals surface area contributed by atoms with Gasteiger partial charge in [-0.05, 0) is 54.7 Å². The lowest BCUT2D eigenvalue weighted by Gasteiger charge is -2.46. The van der Waals surface area contributed by atoms with Crippen LogP contribution in [0.4, 0.5) is 11.5 Å². The van der Waals surface area contributed by atoms with Crippen LogP contribution in [-0.2, 0) is 4.79 Å². The summed E-state index contributed by atoms with van der Waals surface area (Å²) >= 11 is 0. The van der Waals surface area contributed by atoms with Crippen LogP contribution in [0.15, 0.2) is 36.5 Å². The van der Waals surface area contributed by atoms with Crippen molar-refractivity contribution in [3.63, 3.8) is 0 Å². The largest absolute Gasteiger partial charge is 0.362 e. The lowest BCUT2D eigenvalue weighted by molar-refractivity contribution is -0.117. The van der Waals surface area contributed by atoms with E-state index < -0.39 is 0 Å². The number of nitrogens with zero attached hydrogens (tertiary/aromatic N) is 4. The van der Waals surface area contributed by atoms with Gasteiger partial charge in [-0.1, -0.05) is 6.92 Å². The maximum Gasteiger partial charge on any atom is 0.224 e. The number of carbonyl (C=O) groups is 1. The SMILES string of the molecule is CC(=O)N1c2ccc(C#N)cc2[C@H](Nc2ncccc2C#N)[C@@H](C)[C@@H]1C1CC1. The molecule has 3 atom stereocenters. The fraction of sp³-hybridized carbons (Fsp3) is 0.364. The Hall–Kier alpha value is -3.38. The van der Waals surface area contributed by atoms with Crippen molar-refractivity contribution in [1.29, 1.82) is 10.5 Å². The van der Waals surface area contributed by atoms with E-state index in [0.29, 0.717) is 22.9 Å². The average molecular weight is 371 g/mol. The molecule has 6 heteroatoms. The molecule has 1 aromatic heterocycles. The number of amides is 1. The maximum atomic E-state index is 12.6. The number of benzene rings is 1. The van der Waals surface area contributed by atoms with Crippen LogP contribution in [0.2, 0.25) is 0 Å². The van der Waals surface area contributed by atoms with E-state index in [1.165, 1.54) is 0 Å². The quantitative estimate of drug-likeness (QED) is 0.887. The number of nitriles is 2. The smallest absolute Gasteiger partial charge is 0.224 e. The van der Waals surface area contributed by atoms with E-state index >= 15 is 0 Å². The van der Waals surface area contributed by atoms with Gasteiger partial charge in [0, 0.05) is 30.8 Å². The van der Waals surface area contributed by atoms with Crippen LogP contribution in [0.3, 0.4) is 0 Å². The Bertz CT molecular complexity index is 1010. The van der Waals surface area contributed by atoms with Crippen LogP contribution in [0.25, 0.3) is 0 Å². The summed E-state index contributed by atoms with van der Waals surface area (Å²) in [5.41, 5.74) is 2.76. The zero-order valence-corrected chi connectivity index (χ0v) is 15.9. The summed E-state index contributed by atoms with van der Waals surface area (Å²) in [6.45, 7) is 3.73. The molecule has 2 aliphatic rings. The standard InChI is InChI=1S/C22H21N5O/c1-13-20(26-22-17(12-24)4-3-9-25-22)18-10-15(11-23)5-8-19(18)27(14(2)28)21(13)16-6-7-16/h3-5,8-10,13,16,20-21H,6-7H2,1-2H3,(H,25,26)/t13-,20-,21-/m1/s1. The lowest BCUT2D eigenvalue weighted by Crippen LogP contribution is -2.51. The molecule has 0 spiro atoms. The molecule has 1 aliphatic carbocycles. The molecule has 0 saturated heterocycles. The highest BCUT2D eigenvalue weighted by Gasteiger charge is 2.47. The van der Waals surface area contributed by atoms with Crippen LogP contribution < -0.4 is 10.2 Å². The van der Waals surface area contributed by atoms with Crippen LogP contribution in [0.5, 0.6) is 0 Å². The van der Waals surface area contributed by atoms with Crippen LogP contribution in [0.1, 0.15) is 49.4 Å². The average Bonchev–Trinajstić information content (AvgIpc) is 3.54. The lowest BCUT2D eigenvalue weighted by atomic mass is 9.79. The van der Waals surface area contributed by atoms with Crippen molar-refractivity contribution in [1.82, 2.24) is 4.98 Å². The normalized spacial score (nSPS) is 23.3. The summed E-state index contributed by atoms with van der Waals surface area (Å²) in [7, 11) is 0. The first-order valence-corrected chi connectivity index (χ1v) is 9.50. The van der Waals surface area contributed by atoms with Gasteiger partial charge in [0.25, 0.3) is 0 Å². The topological polar surface area (TPSA) is 92.8 Å². The van der Waals surface area contributed by atoms with Gasteiger partial charge in [0.05, 0.1) is 23.2 Å². The molecule has 28 heavy (non-hydrogen) atoms. The van der Waals surface area contributed by atoms with Gasteiger partial charge in [0.15, 0.2) is 0 Å². The van der Waals surface area contributed by atoms with Crippen molar-refractivity contribution < 1.29 is 4.79 Å². The number of hydrogen-bond donors (Lipinski definition) is 1. The molecule has 0 unspecified atom stereocenters. The predicted octanol–water partition coefficient (Wildman–Crippen LogP) is 3.76. The molecular weight excluding hydrogens is 350 g/mol. The van der Waals surface area contributed by atoms with Crippen LogP contribution in [-0.4, -0.2) is 16.9 Å². The number of anilines is 2. The monoisotopic (exact) mass is 371 g/mol. The van der Waals surface area contributed by atoms with Gasteiger partial charge in [-0.2, -0.15) is 10.5 Å². The number of rotatable bonds is 3. The first kappa shape index (κ1) is 18.0. The van der Waals surface area contributed by atoms with E-state index in [4.69, 9.17) is 0 Å². The number of pyridine rings is 1. The maximum absolute atomic E-state index is 12.6. The van der Waals surface area contributed by atoms with Gasteiger partial charge >= 0.3 is 0 Å². The van der Waals surface area contributed by atoms with Crippen molar-refractivity contribution in [2.45, 2.75) is 38.8 Å². The Kier molecular flexibility index (Phi) is 4.49. The van der Waals surface area contributed by atoms with Crippen molar-refractivity contribution in [3.05, 3.63) is 53.2 Å². The fourth-order valence-corrected chi connectivity index (χ4v) is 4.39. The Morgan fingerprint density at radius 2 is 2.04 bits per heavy atom. The van der Waals surface area contributed by atoms with E-state index in [9.17, 15) is 15.3 Å². The highest BCUT2D eigenvalue weighted by Crippen LogP contribution is 2.50. The van der Waals surface area contributed by atoms with E-state index in [1.54, 1.807) is 31.3 Å². The zero-order chi connectivity index (χ0) is 19.8. The van der Waals surface area contributed by atoms with E-state index in [1.807, 2.05) is 17.0 Å². The summed E-state index contributed by atoms with van der Waals surface area (Å²) < 4.78 is 0. The highest BCUT2D eigenvalue weighted by atomic mass is 16.2. The Balaban J connectivity index is 1.85. The van der Waals surface area contributed by atoms with Gasteiger partial charge in [-0.15, -0.1) is 0 Å². The number of aromatic nitrogens is 1. The molecule has 1 aliphatic heterocycles. The molecule has 1 saturated carbocycles. The van der Waals surface area contributed by atoms with E-state index in [2.05, 4.69) is 29.4 Å². The van der Waals surface area contributed by atoms with E-state index in [0.717, 1.165) is 24.1 Å². The second-order valence-electron chi connectivity index (χ2n) is 7.59. The van der Waals surface area contributed by atoms with Crippen molar-refractivity contribution in [3.8, 4) is 12.1 Å². The second-order valence-corrected chi connectivity index (χ2v) is 7.59. The molecule has 0 radical (unpaired) electrons. The molecule has 1 amide bonds. The molecule has 1 fully saturated rings. The Morgan fingerprint density at radius 1 is 1.25 bits per heavy atom. The number of hydrogen-bond acceptors (Lipinski definition) is 5. The molecule has 2 aromatic rings. The zero-order valence-electron chi connectivity index (χ0n) is 15.9. The molecular formula is C22H21N5O. The number of fused-ring (bicyclic) bond motifs is 1. The number of carbonyl (C=O) groups excluding carboxylic acids is 1. The fourth-order valence-electron chi connectivity index (χ4n) is 4.39. The third-order valence-electron chi connectivity index (χ3n) is 5.78. The second kappa shape index (κ2) is 6.98. The molecule has 1 aromatic carbocycles. The summed E-state index contributed by atoms with van der Waals surface area (Å²) in [5.74, 6) is 1.13. The molecule has 140 valence electrons. The van der Waals surface area contributed by atoms with Gasteiger partial charge in [-0.25, -0.2) is 4.98 Å². The molecule has 4 rings (SSSR count). The molecule has 6 nitrogen and oxygen atoms in total. The Morgan fingerprint density at radius 3 is 2.68 bits per heavy atom. The minimum Gasteiger partial charge on any atom is -0.362 e. The first-order valence-electron chi connectivity index (χ1n) is 9.50. The predicted molar refractivity (Wildman–Crippen MR) is 105 cm³/mol. The van der Waals surface area contributed by atoms with Gasteiger partial charge < -0.3 is 10.2 Å². The minimum absolute atomic E-state index is 0.0173. The van der Waals surface area contributed by atoms with Crippen LogP contribution in [0, 0.1) is 34.5 Å². The number of nitrogens with one attached hydrogen (secondary N) is 1. The summed E-state index contributed by atoms with van der Waals surface area (Å²) in [6.07, 6.45) is 3.89. The molecule has 0 bridgehead atoms. The van der Waals surface area contributed by atoms with Crippen molar-refractivity contribution >= 4 is 17.4 Å². The van der Waals surface area contributed by atoms with Gasteiger partial charge in [0.2, 0.25) is 5.91 Å². The Labute approximate surface area is 164 Å². The van der Waals surface area contributed by atoms with Gasteiger partial charge in [0.1, 0.15) is 11.9 Å². The minimum atomic E-state index is -0.147. The third kappa shape index (κ3) is 2.97. The molecule has 1 N–H and O–H groups in total. The van der Waals surface area contributed by atoms with Gasteiger partial charge in [-0.3, -0.25) is 4.79 Å². The van der Waals surface area contributed by atoms with Crippen molar-refractivity contribution in [2.24, 2.45) is 11.8 Å². The summed E-state index contributed by atoms with van der Waals surface area (Å²) in [4.78, 5) is 18.8. The first-order chi connectivity index (χ1) is 13.5. The van der Waals surface area contributed by atoms with E-state index in [-0.39, 0.29) is 23.9 Å².